The van der Waals surface area contributed by atoms with E-state index in [0.29, 0.717) is 31.9 Å². The molecule has 0 spiro atoms. The van der Waals surface area contributed by atoms with Gasteiger partial charge in [0, 0.05) is 16.7 Å². The number of hydrogen-bond donors (Lipinski definition) is 0. The number of nitrogens with zero attached hydrogens (tertiary/aromatic N) is 3. The monoisotopic (exact) mass is 411 g/mol. The molecule has 0 amide bonds. The SMILES string of the molecule is O=c1/c(=C\c2ccc(-c3cccc(Cl)c3)o2)sc2nc(-c3cccs3)nn12. The summed E-state index contributed by atoms with van der Waals surface area (Å²) >= 11 is 8.86. The van der Waals surface area contributed by atoms with Crippen molar-refractivity contribution in [2.45, 2.75) is 0 Å². The van der Waals surface area contributed by atoms with Gasteiger partial charge in [-0.15, -0.1) is 16.4 Å². The minimum atomic E-state index is -0.203. The maximum absolute atomic E-state index is 12.6. The van der Waals surface area contributed by atoms with Gasteiger partial charge in [0.2, 0.25) is 4.96 Å². The predicted molar refractivity (Wildman–Crippen MR) is 108 cm³/mol. The average Bonchev–Trinajstić information content (AvgIpc) is 3.42. The molecule has 0 bridgehead atoms. The van der Waals surface area contributed by atoms with E-state index in [4.69, 9.17) is 16.0 Å². The number of rotatable bonds is 3. The van der Waals surface area contributed by atoms with Crippen molar-refractivity contribution in [2.75, 3.05) is 0 Å². The molecule has 5 aromatic rings. The number of hydrogen-bond acceptors (Lipinski definition) is 6. The summed E-state index contributed by atoms with van der Waals surface area (Å²) in [5.74, 6) is 1.85. The summed E-state index contributed by atoms with van der Waals surface area (Å²) in [4.78, 5) is 18.6. The molecule has 5 nitrogen and oxygen atoms in total. The van der Waals surface area contributed by atoms with Gasteiger partial charge >= 0.3 is 0 Å². The van der Waals surface area contributed by atoms with Crippen molar-refractivity contribution in [2.24, 2.45) is 0 Å². The lowest BCUT2D eigenvalue weighted by Crippen LogP contribution is -2.23. The van der Waals surface area contributed by atoms with Gasteiger partial charge in [0.1, 0.15) is 16.1 Å². The van der Waals surface area contributed by atoms with Crippen LogP contribution in [0.3, 0.4) is 0 Å². The standard InChI is InChI=1S/C19H10ClN3O2S2/c20-12-4-1-3-11(9-12)14-7-6-13(25-14)10-16-18(24)23-19(27-16)21-17(22-23)15-5-2-8-26-15/h1-10H/b16-10+. The lowest BCUT2D eigenvalue weighted by Gasteiger charge is -1.96. The normalized spacial score (nSPS) is 12.3. The highest BCUT2D eigenvalue weighted by Crippen LogP contribution is 2.25. The summed E-state index contributed by atoms with van der Waals surface area (Å²) in [6, 6.07) is 15.0. The fourth-order valence-electron chi connectivity index (χ4n) is 2.70. The van der Waals surface area contributed by atoms with Gasteiger partial charge in [-0.05, 0) is 35.7 Å². The number of halogens is 1. The quantitative estimate of drug-likeness (QED) is 0.443. The first-order valence-electron chi connectivity index (χ1n) is 7.98. The largest absolute Gasteiger partial charge is 0.457 e. The van der Waals surface area contributed by atoms with Gasteiger partial charge in [-0.3, -0.25) is 4.79 Å². The Hall–Kier alpha value is -2.74. The van der Waals surface area contributed by atoms with Gasteiger partial charge in [-0.2, -0.15) is 9.50 Å². The third-order valence-electron chi connectivity index (χ3n) is 3.93. The van der Waals surface area contributed by atoms with E-state index in [-0.39, 0.29) is 5.56 Å². The average molecular weight is 412 g/mol. The first-order valence-corrected chi connectivity index (χ1v) is 10.1. The molecule has 0 saturated heterocycles. The van der Waals surface area contributed by atoms with Gasteiger partial charge < -0.3 is 4.42 Å². The molecule has 0 saturated carbocycles. The van der Waals surface area contributed by atoms with Crippen molar-refractivity contribution < 1.29 is 4.42 Å². The molecule has 0 N–H and O–H groups in total. The third kappa shape index (κ3) is 2.99. The van der Waals surface area contributed by atoms with Crippen molar-refractivity contribution in [3.8, 4) is 22.0 Å². The minimum Gasteiger partial charge on any atom is -0.457 e. The molecule has 0 fully saturated rings. The second-order valence-electron chi connectivity index (χ2n) is 5.74. The number of furan rings is 1. The van der Waals surface area contributed by atoms with Crippen LogP contribution in [0.1, 0.15) is 5.76 Å². The molecule has 8 heteroatoms. The van der Waals surface area contributed by atoms with Crippen LogP contribution in [-0.4, -0.2) is 14.6 Å². The molecule has 0 radical (unpaired) electrons. The van der Waals surface area contributed by atoms with Crippen molar-refractivity contribution >= 4 is 45.3 Å². The second-order valence-corrected chi connectivity index (χ2v) is 8.13. The molecule has 132 valence electrons. The molecule has 4 heterocycles. The molecule has 0 atom stereocenters. The summed E-state index contributed by atoms with van der Waals surface area (Å²) in [5, 5.41) is 6.92. The van der Waals surface area contributed by atoms with Crippen LogP contribution in [0.25, 0.3) is 33.1 Å². The minimum absolute atomic E-state index is 0.203. The highest BCUT2D eigenvalue weighted by molar-refractivity contribution is 7.15. The Bertz CT molecular complexity index is 1370. The van der Waals surface area contributed by atoms with Gasteiger partial charge in [0.25, 0.3) is 5.56 Å². The van der Waals surface area contributed by atoms with E-state index in [0.717, 1.165) is 10.4 Å². The van der Waals surface area contributed by atoms with Crippen molar-refractivity contribution in [3.05, 3.63) is 79.6 Å². The molecular weight excluding hydrogens is 402 g/mol. The third-order valence-corrected chi connectivity index (χ3v) is 5.99. The van der Waals surface area contributed by atoms with Crippen LogP contribution in [0.5, 0.6) is 0 Å². The van der Waals surface area contributed by atoms with Gasteiger partial charge in [-0.1, -0.05) is 41.1 Å². The zero-order chi connectivity index (χ0) is 18.4. The van der Waals surface area contributed by atoms with Crippen LogP contribution in [0.4, 0.5) is 0 Å². The maximum Gasteiger partial charge on any atom is 0.291 e. The molecule has 1 aromatic carbocycles. The lowest BCUT2D eigenvalue weighted by molar-refractivity contribution is 0.571. The van der Waals surface area contributed by atoms with Crippen molar-refractivity contribution in [1.29, 1.82) is 0 Å². The Balaban J connectivity index is 1.54. The van der Waals surface area contributed by atoms with Gasteiger partial charge in [-0.25, -0.2) is 0 Å². The smallest absolute Gasteiger partial charge is 0.291 e. The van der Waals surface area contributed by atoms with Crippen molar-refractivity contribution in [1.82, 2.24) is 14.6 Å². The fourth-order valence-corrected chi connectivity index (χ4v) is 4.43. The topological polar surface area (TPSA) is 60.4 Å². The molecule has 0 aliphatic rings. The lowest BCUT2D eigenvalue weighted by atomic mass is 10.2. The van der Waals surface area contributed by atoms with E-state index in [1.165, 1.54) is 15.9 Å². The summed E-state index contributed by atoms with van der Waals surface area (Å²) < 4.78 is 7.71. The summed E-state index contributed by atoms with van der Waals surface area (Å²) in [6.45, 7) is 0. The maximum atomic E-state index is 12.6. The first kappa shape index (κ1) is 16.4. The van der Waals surface area contributed by atoms with E-state index >= 15 is 0 Å². The molecule has 0 aliphatic heterocycles. The highest BCUT2D eigenvalue weighted by atomic mass is 35.5. The van der Waals surface area contributed by atoms with E-state index in [2.05, 4.69) is 10.1 Å². The molecule has 27 heavy (non-hydrogen) atoms. The predicted octanol–water partition coefficient (Wildman–Crippen LogP) is 4.34. The van der Waals surface area contributed by atoms with E-state index < -0.39 is 0 Å². The summed E-state index contributed by atoms with van der Waals surface area (Å²) in [7, 11) is 0. The van der Waals surface area contributed by atoms with Gasteiger partial charge in [0.05, 0.1) is 4.88 Å². The van der Waals surface area contributed by atoms with Crippen LogP contribution < -0.4 is 10.1 Å². The molecule has 4 aromatic heterocycles. The van der Waals surface area contributed by atoms with E-state index in [9.17, 15) is 4.79 Å². The Kier molecular flexibility index (Phi) is 3.93. The number of fused-ring (bicyclic) bond motifs is 1. The Labute approximate surface area is 165 Å². The number of benzene rings is 1. The second kappa shape index (κ2) is 6.45. The Morgan fingerprint density at radius 1 is 1.15 bits per heavy atom. The zero-order valence-electron chi connectivity index (χ0n) is 13.6. The Morgan fingerprint density at radius 2 is 2.07 bits per heavy atom. The van der Waals surface area contributed by atoms with Crippen LogP contribution in [0, 0.1) is 0 Å². The molecule has 0 unspecified atom stereocenters. The number of thiazole rings is 1. The van der Waals surface area contributed by atoms with E-state index in [1.54, 1.807) is 17.4 Å². The Morgan fingerprint density at radius 3 is 2.85 bits per heavy atom. The zero-order valence-corrected chi connectivity index (χ0v) is 16.0. The number of aromatic nitrogens is 3. The summed E-state index contributed by atoms with van der Waals surface area (Å²) in [6.07, 6.45) is 1.71. The highest BCUT2D eigenvalue weighted by Gasteiger charge is 2.13. The van der Waals surface area contributed by atoms with Crippen LogP contribution in [-0.2, 0) is 0 Å². The van der Waals surface area contributed by atoms with Crippen LogP contribution in [0.15, 0.2) is 63.1 Å². The van der Waals surface area contributed by atoms with Crippen molar-refractivity contribution in [3.63, 3.8) is 0 Å². The van der Waals surface area contributed by atoms with Crippen LogP contribution in [0.2, 0.25) is 5.02 Å². The van der Waals surface area contributed by atoms with Gasteiger partial charge in [0.15, 0.2) is 5.82 Å². The fraction of sp³-hybridized carbons (Fsp3) is 0. The van der Waals surface area contributed by atoms with E-state index in [1.807, 2.05) is 53.9 Å². The molecular formula is C19H10ClN3O2S2. The molecule has 0 aliphatic carbocycles. The first-order chi connectivity index (χ1) is 13.2. The summed E-state index contributed by atoms with van der Waals surface area (Å²) in [5.41, 5.74) is 0.679. The van der Waals surface area contributed by atoms with Crippen LogP contribution >= 0.6 is 34.3 Å². The molecule has 5 rings (SSSR count). The number of thiophene rings is 1.